The smallest absolute Gasteiger partial charge is 0.0854 e. The summed E-state index contributed by atoms with van der Waals surface area (Å²) >= 11 is 0. The number of aliphatic hydroxyl groups excluding tert-OH is 1. The molecule has 0 aromatic carbocycles. The van der Waals surface area contributed by atoms with E-state index >= 15 is 0 Å². The fourth-order valence-corrected chi connectivity index (χ4v) is 2.58. The fourth-order valence-electron chi connectivity index (χ4n) is 2.58. The van der Waals surface area contributed by atoms with Crippen LogP contribution in [-0.2, 0) is 4.74 Å². The number of hydrogen-bond donors (Lipinski definition) is 2. The summed E-state index contributed by atoms with van der Waals surface area (Å²) in [6, 6.07) is 0. The topological polar surface area (TPSA) is 55.5 Å². The van der Waals surface area contributed by atoms with Crippen LogP contribution in [0.3, 0.4) is 0 Å². The molecular weight excluding hydrogens is 190 g/mol. The Balaban J connectivity index is 2.63. The van der Waals surface area contributed by atoms with E-state index in [1.54, 1.807) is 0 Å². The van der Waals surface area contributed by atoms with Gasteiger partial charge in [-0.15, -0.1) is 0 Å². The van der Waals surface area contributed by atoms with Gasteiger partial charge in [0, 0.05) is 19.8 Å². The number of rotatable bonds is 5. The summed E-state index contributed by atoms with van der Waals surface area (Å²) in [6.07, 6.45) is 5.43. The van der Waals surface area contributed by atoms with Crippen molar-refractivity contribution < 1.29 is 9.84 Å². The van der Waals surface area contributed by atoms with E-state index in [-0.39, 0.29) is 17.6 Å². The zero-order valence-corrected chi connectivity index (χ0v) is 10.1. The minimum absolute atomic E-state index is 0.162. The zero-order valence-electron chi connectivity index (χ0n) is 10.1. The Kier molecular flexibility index (Phi) is 4.56. The molecule has 1 fully saturated rings. The summed E-state index contributed by atoms with van der Waals surface area (Å²) in [5.41, 5.74) is 5.90. The van der Waals surface area contributed by atoms with E-state index in [9.17, 15) is 0 Å². The van der Waals surface area contributed by atoms with Gasteiger partial charge in [0.1, 0.15) is 0 Å². The van der Waals surface area contributed by atoms with Gasteiger partial charge in [0.2, 0.25) is 0 Å². The lowest BCUT2D eigenvalue weighted by molar-refractivity contribution is -0.141. The maximum absolute atomic E-state index is 8.77. The maximum Gasteiger partial charge on any atom is 0.0854 e. The molecule has 15 heavy (non-hydrogen) atoms. The van der Waals surface area contributed by atoms with Gasteiger partial charge < -0.3 is 15.6 Å². The van der Waals surface area contributed by atoms with Crippen LogP contribution in [0.4, 0.5) is 0 Å². The van der Waals surface area contributed by atoms with Gasteiger partial charge in [-0.3, -0.25) is 0 Å². The second-order valence-electron chi connectivity index (χ2n) is 5.22. The standard InChI is InChI=1S/C12H25NO2/c1-11(2)6-3-4-7-12(11,10-13)15-9-5-8-14/h14H,3-10,13H2,1-2H3. The van der Waals surface area contributed by atoms with Gasteiger partial charge in [-0.1, -0.05) is 26.7 Å². The van der Waals surface area contributed by atoms with Crippen molar-refractivity contribution in [3.8, 4) is 0 Å². The van der Waals surface area contributed by atoms with Crippen LogP contribution in [0.5, 0.6) is 0 Å². The van der Waals surface area contributed by atoms with Crippen LogP contribution in [-0.4, -0.2) is 30.5 Å². The summed E-state index contributed by atoms with van der Waals surface area (Å²) in [5, 5.41) is 8.77. The fraction of sp³-hybridized carbons (Fsp3) is 1.00. The van der Waals surface area contributed by atoms with Crippen molar-refractivity contribution in [2.45, 2.75) is 51.6 Å². The maximum atomic E-state index is 8.77. The van der Waals surface area contributed by atoms with E-state index in [0.29, 0.717) is 19.6 Å². The van der Waals surface area contributed by atoms with Crippen molar-refractivity contribution >= 4 is 0 Å². The van der Waals surface area contributed by atoms with E-state index < -0.39 is 0 Å². The third-order valence-corrected chi connectivity index (χ3v) is 3.88. The minimum atomic E-state index is -0.166. The molecule has 0 bridgehead atoms. The van der Waals surface area contributed by atoms with E-state index in [0.717, 1.165) is 6.42 Å². The van der Waals surface area contributed by atoms with Crippen LogP contribution < -0.4 is 5.73 Å². The molecule has 1 unspecified atom stereocenters. The molecule has 3 N–H and O–H groups in total. The second kappa shape index (κ2) is 5.28. The van der Waals surface area contributed by atoms with E-state index in [1.165, 1.54) is 19.3 Å². The van der Waals surface area contributed by atoms with Gasteiger partial charge >= 0.3 is 0 Å². The molecule has 1 rings (SSSR count). The van der Waals surface area contributed by atoms with Crippen molar-refractivity contribution in [3.05, 3.63) is 0 Å². The van der Waals surface area contributed by atoms with Crippen LogP contribution in [0.2, 0.25) is 0 Å². The third-order valence-electron chi connectivity index (χ3n) is 3.88. The average molecular weight is 215 g/mol. The first-order valence-electron chi connectivity index (χ1n) is 6.03. The lowest BCUT2D eigenvalue weighted by Crippen LogP contribution is -2.54. The van der Waals surface area contributed by atoms with Gasteiger partial charge in [-0.25, -0.2) is 0 Å². The minimum Gasteiger partial charge on any atom is -0.396 e. The number of hydrogen-bond acceptors (Lipinski definition) is 3. The first-order chi connectivity index (χ1) is 7.08. The first-order valence-corrected chi connectivity index (χ1v) is 6.03. The molecular formula is C12H25NO2. The quantitative estimate of drug-likeness (QED) is 0.686. The molecule has 0 amide bonds. The normalized spacial score (nSPS) is 30.4. The van der Waals surface area contributed by atoms with Crippen LogP contribution in [0, 0.1) is 5.41 Å². The molecule has 0 aromatic heterocycles. The summed E-state index contributed by atoms with van der Waals surface area (Å²) in [6.45, 7) is 5.90. The highest BCUT2D eigenvalue weighted by Crippen LogP contribution is 2.45. The summed E-state index contributed by atoms with van der Waals surface area (Å²) in [4.78, 5) is 0. The van der Waals surface area contributed by atoms with Crippen molar-refractivity contribution in [1.82, 2.24) is 0 Å². The predicted octanol–water partition coefficient (Wildman–Crippen LogP) is 1.68. The summed E-state index contributed by atoms with van der Waals surface area (Å²) in [7, 11) is 0. The van der Waals surface area contributed by atoms with Crippen molar-refractivity contribution in [2.24, 2.45) is 11.1 Å². The Morgan fingerprint density at radius 3 is 2.47 bits per heavy atom. The van der Waals surface area contributed by atoms with Crippen LogP contribution in [0.25, 0.3) is 0 Å². The first kappa shape index (κ1) is 12.9. The molecule has 90 valence electrons. The zero-order chi connectivity index (χ0) is 11.4. The average Bonchev–Trinajstić information content (AvgIpc) is 2.21. The van der Waals surface area contributed by atoms with Gasteiger partial charge in [0.25, 0.3) is 0 Å². The van der Waals surface area contributed by atoms with E-state index in [4.69, 9.17) is 15.6 Å². The van der Waals surface area contributed by atoms with Crippen molar-refractivity contribution in [3.63, 3.8) is 0 Å². The highest BCUT2D eigenvalue weighted by atomic mass is 16.5. The molecule has 0 heterocycles. The van der Waals surface area contributed by atoms with Gasteiger partial charge in [0.05, 0.1) is 5.60 Å². The highest BCUT2D eigenvalue weighted by Gasteiger charge is 2.46. The van der Waals surface area contributed by atoms with Crippen LogP contribution >= 0.6 is 0 Å². The highest BCUT2D eigenvalue weighted by molar-refractivity contribution is 4.98. The van der Waals surface area contributed by atoms with E-state index in [1.807, 2.05) is 0 Å². The van der Waals surface area contributed by atoms with Crippen LogP contribution in [0.1, 0.15) is 46.0 Å². The Morgan fingerprint density at radius 1 is 1.27 bits per heavy atom. The van der Waals surface area contributed by atoms with Gasteiger partial charge in [-0.05, 0) is 24.7 Å². The molecule has 1 aliphatic carbocycles. The SMILES string of the molecule is CC1(C)CCCCC1(CN)OCCCO. The number of aliphatic hydroxyl groups is 1. The van der Waals surface area contributed by atoms with E-state index in [2.05, 4.69) is 13.8 Å². The summed E-state index contributed by atoms with van der Waals surface area (Å²) in [5.74, 6) is 0. The Bertz CT molecular complexity index is 194. The van der Waals surface area contributed by atoms with Gasteiger partial charge in [-0.2, -0.15) is 0 Å². The molecule has 0 aliphatic heterocycles. The molecule has 0 spiro atoms. The molecule has 1 atom stereocenters. The molecule has 0 saturated heterocycles. The Hall–Kier alpha value is -0.120. The molecule has 0 aromatic rings. The molecule has 3 heteroatoms. The van der Waals surface area contributed by atoms with Gasteiger partial charge in [0.15, 0.2) is 0 Å². The van der Waals surface area contributed by atoms with Crippen molar-refractivity contribution in [1.29, 1.82) is 0 Å². The monoisotopic (exact) mass is 215 g/mol. The van der Waals surface area contributed by atoms with Crippen molar-refractivity contribution in [2.75, 3.05) is 19.8 Å². The molecule has 3 nitrogen and oxygen atoms in total. The lowest BCUT2D eigenvalue weighted by atomic mass is 9.65. The predicted molar refractivity (Wildman–Crippen MR) is 61.7 cm³/mol. The second-order valence-corrected chi connectivity index (χ2v) is 5.22. The number of nitrogens with two attached hydrogens (primary N) is 1. The molecule has 1 aliphatic rings. The largest absolute Gasteiger partial charge is 0.396 e. The summed E-state index contributed by atoms with van der Waals surface area (Å²) < 4.78 is 5.99. The van der Waals surface area contributed by atoms with Crippen LogP contribution in [0.15, 0.2) is 0 Å². The Morgan fingerprint density at radius 2 is 1.93 bits per heavy atom. The number of ether oxygens (including phenoxy) is 1. The third kappa shape index (κ3) is 2.71. The Labute approximate surface area is 93.0 Å². The molecule has 1 saturated carbocycles. The molecule has 0 radical (unpaired) electrons. The lowest BCUT2D eigenvalue weighted by Gasteiger charge is -2.49.